The SMILES string of the molecule is [2H]c1c([2H])c([2H])c(C#Cc2ccc([C@@H]3S[C@H](CC(=O)NC([2H])([2H])C([2H])([2H])c4ccc(OC([2H])([2H])[2H])c(OC)c4)C(=O)N3c3cccc(C(N)=O)c3)cc2)c([2H])c1[2H]. The summed E-state index contributed by atoms with van der Waals surface area (Å²) >= 11 is 1.04. The van der Waals surface area contributed by atoms with Crippen LogP contribution in [-0.4, -0.2) is 43.6 Å². The fraction of sp³-hybridized carbons (Fsp3) is 0.194. The summed E-state index contributed by atoms with van der Waals surface area (Å²) in [5, 5.41) is 0.140. The van der Waals surface area contributed by atoms with Crippen LogP contribution in [0.5, 0.6) is 11.5 Å². The summed E-state index contributed by atoms with van der Waals surface area (Å²) in [7, 11) is -1.66. The molecule has 4 aromatic rings. The molecule has 1 heterocycles. The van der Waals surface area contributed by atoms with E-state index in [2.05, 4.69) is 17.2 Å². The van der Waals surface area contributed by atoms with Crippen molar-refractivity contribution in [3.8, 4) is 23.3 Å². The molecule has 0 unspecified atom stereocenters. The molecule has 4 aromatic carbocycles. The number of rotatable bonds is 10. The van der Waals surface area contributed by atoms with Crippen molar-refractivity contribution in [3.63, 3.8) is 0 Å². The highest BCUT2D eigenvalue weighted by molar-refractivity contribution is 8.01. The third-order valence-electron chi connectivity index (χ3n) is 6.53. The number of primary amides is 1. The van der Waals surface area contributed by atoms with Crippen LogP contribution in [0.25, 0.3) is 0 Å². The number of aryl methyl sites for hydroxylation is 1. The van der Waals surface area contributed by atoms with Gasteiger partial charge < -0.3 is 20.5 Å². The third-order valence-corrected chi connectivity index (χ3v) is 7.97. The second kappa shape index (κ2) is 14.5. The highest BCUT2D eigenvalue weighted by Gasteiger charge is 2.42. The lowest BCUT2D eigenvalue weighted by molar-refractivity contribution is -0.124. The van der Waals surface area contributed by atoms with Crippen LogP contribution in [0.4, 0.5) is 5.69 Å². The smallest absolute Gasteiger partial charge is 0.248 e. The molecule has 0 spiro atoms. The number of amides is 3. The first-order valence-corrected chi connectivity index (χ1v) is 14.3. The molecule has 1 saturated heterocycles. The quantitative estimate of drug-likeness (QED) is 0.236. The molecule has 2 atom stereocenters. The van der Waals surface area contributed by atoms with E-state index in [-0.39, 0.29) is 33.9 Å². The average molecular weight is 632 g/mol. The first kappa shape index (κ1) is 19.2. The van der Waals surface area contributed by atoms with Gasteiger partial charge in [-0.15, -0.1) is 11.8 Å². The van der Waals surface area contributed by atoms with E-state index in [9.17, 15) is 14.4 Å². The molecule has 45 heavy (non-hydrogen) atoms. The molecular formula is C36H33N3O5S. The van der Waals surface area contributed by atoms with Crippen molar-refractivity contribution in [1.82, 2.24) is 5.32 Å². The standard InChI is InChI=1S/C36H33N3O5S/c1-43-30-18-15-26(21-31(30)44-2)19-20-38-33(40)23-32-35(42)39(29-10-6-9-28(22-29)34(37)41)36(45-32)27-16-13-25(14-17-27)12-11-24-7-4-3-5-8-24/h3-10,13-18,21-22,32,36H,19-20,23H2,1-2H3,(H2,37,41)(H,38,40)/t32-,36+/m1/s1/i1D3,3D,4D,5D,7D,8D,19D2,20D2. The normalized spacial score (nSPS) is 20.4. The Bertz CT molecular complexity index is 2280. The number of carbonyl (C=O) groups excluding carboxylic acids is 3. The zero-order valence-corrected chi connectivity index (χ0v) is 24.5. The van der Waals surface area contributed by atoms with Crippen LogP contribution in [0.1, 0.15) is 60.9 Å². The monoisotopic (exact) mass is 631 g/mol. The Morgan fingerprint density at radius 3 is 2.53 bits per heavy atom. The lowest BCUT2D eigenvalue weighted by Gasteiger charge is -2.24. The van der Waals surface area contributed by atoms with E-state index in [4.69, 9.17) is 31.7 Å². The molecule has 1 aliphatic heterocycles. The number of ether oxygens (including phenoxy) is 2. The zero-order valence-electron chi connectivity index (χ0n) is 35.7. The predicted octanol–water partition coefficient (Wildman–Crippen LogP) is 5.10. The maximum Gasteiger partial charge on any atom is 0.248 e. The van der Waals surface area contributed by atoms with E-state index in [0.717, 1.165) is 30.0 Å². The van der Waals surface area contributed by atoms with Gasteiger partial charge in [-0.05, 0) is 72.0 Å². The molecule has 1 fully saturated rings. The van der Waals surface area contributed by atoms with Gasteiger partial charge in [0.15, 0.2) is 11.5 Å². The maximum absolute atomic E-state index is 14.0. The number of benzene rings is 4. The minimum absolute atomic E-state index is 0.105. The first-order valence-electron chi connectivity index (χ1n) is 19.3. The van der Waals surface area contributed by atoms with E-state index >= 15 is 0 Å². The number of nitrogens with zero attached hydrogens (tertiary/aromatic N) is 1. The number of hydrogen-bond donors (Lipinski definition) is 2. The van der Waals surface area contributed by atoms with Crippen molar-refractivity contribution in [2.24, 2.45) is 5.73 Å². The van der Waals surface area contributed by atoms with Crippen molar-refractivity contribution in [2.75, 3.05) is 25.5 Å². The molecule has 0 aromatic heterocycles. The van der Waals surface area contributed by atoms with Crippen LogP contribution in [0, 0.1) is 11.8 Å². The minimum Gasteiger partial charge on any atom is -0.493 e. The average Bonchev–Trinajstić information content (AvgIpc) is 3.47. The fourth-order valence-electron chi connectivity index (χ4n) is 4.38. The van der Waals surface area contributed by atoms with E-state index in [1.165, 1.54) is 30.2 Å². The van der Waals surface area contributed by atoms with E-state index in [0.29, 0.717) is 11.1 Å². The molecule has 0 radical (unpaired) electrons. The Morgan fingerprint density at radius 1 is 1.02 bits per heavy atom. The molecule has 8 nitrogen and oxygen atoms in total. The third kappa shape index (κ3) is 7.66. The largest absolute Gasteiger partial charge is 0.493 e. The van der Waals surface area contributed by atoms with E-state index in [1.54, 1.807) is 30.3 Å². The van der Waals surface area contributed by atoms with Gasteiger partial charge in [0.2, 0.25) is 17.7 Å². The molecule has 1 aliphatic rings. The number of carbonyl (C=O) groups is 3. The van der Waals surface area contributed by atoms with Crippen molar-refractivity contribution < 1.29 is 40.3 Å². The van der Waals surface area contributed by atoms with E-state index in [1.807, 2.05) is 0 Å². The Labute approximate surface area is 283 Å². The number of thioether (sulfide) groups is 1. The summed E-state index contributed by atoms with van der Waals surface area (Å²) in [5.41, 5.74) is 6.34. The number of methoxy groups -OCH3 is 2. The molecule has 9 heteroatoms. The second-order valence-electron chi connectivity index (χ2n) is 9.44. The Balaban J connectivity index is 1.41. The number of hydrogen-bond acceptors (Lipinski definition) is 6. The van der Waals surface area contributed by atoms with Crippen LogP contribution >= 0.6 is 11.8 Å². The molecule has 3 amide bonds. The molecule has 0 aliphatic carbocycles. The van der Waals surface area contributed by atoms with Gasteiger partial charge in [0.1, 0.15) is 5.37 Å². The number of anilines is 1. The zero-order chi connectivity index (χ0) is 42.2. The molecule has 0 saturated carbocycles. The molecule has 0 bridgehead atoms. The van der Waals surface area contributed by atoms with Gasteiger partial charge in [-0.25, -0.2) is 0 Å². The maximum atomic E-state index is 14.0. The lowest BCUT2D eigenvalue weighted by atomic mass is 10.1. The molecule has 5 rings (SSSR count). The van der Waals surface area contributed by atoms with Crippen LogP contribution in [0.3, 0.4) is 0 Å². The second-order valence-corrected chi connectivity index (χ2v) is 10.7. The van der Waals surface area contributed by atoms with Crippen LogP contribution in [0.15, 0.2) is 96.9 Å². The van der Waals surface area contributed by atoms with Crippen molar-refractivity contribution in [1.29, 1.82) is 0 Å². The lowest BCUT2D eigenvalue weighted by Crippen LogP contribution is -2.34. The van der Waals surface area contributed by atoms with Crippen LogP contribution < -0.4 is 25.4 Å². The van der Waals surface area contributed by atoms with Crippen LogP contribution in [-0.2, 0) is 16.0 Å². The van der Waals surface area contributed by atoms with Crippen molar-refractivity contribution >= 4 is 35.2 Å². The molecular weight excluding hydrogens is 586 g/mol. The van der Waals surface area contributed by atoms with Gasteiger partial charge in [0.05, 0.1) is 30.4 Å². The number of nitrogens with two attached hydrogens (primary N) is 1. The van der Waals surface area contributed by atoms with E-state index < -0.39 is 84.9 Å². The summed E-state index contributed by atoms with van der Waals surface area (Å²) in [6, 6.07) is 13.2. The van der Waals surface area contributed by atoms with Crippen molar-refractivity contribution in [3.05, 3.63) is 125 Å². The van der Waals surface area contributed by atoms with Gasteiger partial charge >= 0.3 is 0 Å². The minimum atomic E-state index is -3.06. The Hall–Kier alpha value is -5.20. The fourth-order valence-corrected chi connectivity index (χ4v) is 5.83. The molecule has 3 N–H and O–H groups in total. The molecule has 228 valence electrons. The van der Waals surface area contributed by atoms with Crippen LogP contribution in [0.2, 0.25) is 0 Å². The summed E-state index contributed by atoms with van der Waals surface area (Å²) in [5.74, 6) is 2.67. The van der Waals surface area contributed by atoms with Gasteiger partial charge in [0, 0.05) is 40.8 Å². The highest BCUT2D eigenvalue weighted by atomic mass is 32.2. The Kier molecular flexibility index (Phi) is 6.21. The number of nitrogens with one attached hydrogen (secondary N) is 1. The Morgan fingerprint density at radius 2 is 1.80 bits per heavy atom. The summed E-state index contributed by atoms with van der Waals surface area (Å²) < 4.78 is 106. The van der Waals surface area contributed by atoms with Gasteiger partial charge in [-0.1, -0.05) is 54.2 Å². The summed E-state index contributed by atoms with van der Waals surface area (Å²) in [6.07, 6.45) is -3.49. The predicted molar refractivity (Wildman–Crippen MR) is 176 cm³/mol. The first-order chi connectivity index (χ1) is 26.6. The summed E-state index contributed by atoms with van der Waals surface area (Å²) in [6.45, 7) is -3.06. The highest BCUT2D eigenvalue weighted by Crippen LogP contribution is 2.46. The topological polar surface area (TPSA) is 111 Å². The van der Waals surface area contributed by atoms with Gasteiger partial charge in [-0.2, -0.15) is 0 Å². The van der Waals surface area contributed by atoms with Crippen molar-refractivity contribution in [2.45, 2.75) is 23.4 Å². The van der Waals surface area contributed by atoms with Gasteiger partial charge in [-0.3, -0.25) is 19.3 Å². The van der Waals surface area contributed by atoms with Gasteiger partial charge in [0.25, 0.3) is 0 Å². The summed E-state index contributed by atoms with van der Waals surface area (Å²) in [4.78, 5) is 40.8.